The largest absolute Gasteiger partial charge is 0.496 e. The lowest BCUT2D eigenvalue weighted by atomic mass is 10.1. The van der Waals surface area contributed by atoms with E-state index in [1.807, 2.05) is 0 Å². The molecule has 0 saturated heterocycles. The van der Waals surface area contributed by atoms with Crippen LogP contribution in [0.2, 0.25) is 0 Å². The Labute approximate surface area is 97.7 Å². The highest BCUT2D eigenvalue weighted by molar-refractivity contribution is 9.10. The topological polar surface area (TPSA) is 35.2 Å². The maximum Gasteiger partial charge on any atom is 0.131 e. The first-order valence-electron chi connectivity index (χ1n) is 4.91. The van der Waals surface area contributed by atoms with E-state index in [9.17, 15) is 4.39 Å². The number of benzene rings is 1. The molecule has 0 spiro atoms. The minimum Gasteiger partial charge on any atom is -0.496 e. The zero-order valence-electron chi connectivity index (χ0n) is 8.72. The van der Waals surface area contributed by atoms with E-state index < -0.39 is 0 Å². The highest BCUT2D eigenvalue weighted by Crippen LogP contribution is 2.27. The van der Waals surface area contributed by atoms with Crippen LogP contribution in [-0.4, -0.2) is 13.7 Å². The van der Waals surface area contributed by atoms with Gasteiger partial charge in [-0.25, -0.2) is 4.39 Å². The van der Waals surface area contributed by atoms with Crippen molar-refractivity contribution in [1.82, 2.24) is 0 Å². The van der Waals surface area contributed by atoms with Crippen LogP contribution in [0.15, 0.2) is 16.6 Å². The monoisotopic (exact) mass is 275 g/mol. The molecule has 2 N–H and O–H groups in total. The maximum absolute atomic E-state index is 13.6. The van der Waals surface area contributed by atoms with Crippen molar-refractivity contribution in [3.05, 3.63) is 28.0 Å². The third-order valence-electron chi connectivity index (χ3n) is 2.22. The van der Waals surface area contributed by atoms with E-state index in [2.05, 4.69) is 15.9 Å². The smallest absolute Gasteiger partial charge is 0.131 e. The van der Waals surface area contributed by atoms with Crippen molar-refractivity contribution in [3.8, 4) is 5.75 Å². The Morgan fingerprint density at radius 3 is 2.73 bits per heavy atom. The molecule has 0 aliphatic heterocycles. The summed E-state index contributed by atoms with van der Waals surface area (Å²) >= 11 is 3.23. The Morgan fingerprint density at radius 2 is 2.13 bits per heavy atom. The number of nitrogens with two attached hydrogens (primary N) is 1. The van der Waals surface area contributed by atoms with Crippen molar-refractivity contribution in [2.24, 2.45) is 5.73 Å². The Morgan fingerprint density at radius 1 is 1.40 bits per heavy atom. The van der Waals surface area contributed by atoms with E-state index in [1.165, 1.54) is 6.07 Å². The van der Waals surface area contributed by atoms with Crippen molar-refractivity contribution < 1.29 is 9.13 Å². The van der Waals surface area contributed by atoms with Crippen molar-refractivity contribution in [2.75, 3.05) is 13.7 Å². The van der Waals surface area contributed by atoms with Gasteiger partial charge in [0, 0.05) is 10.0 Å². The van der Waals surface area contributed by atoms with Crippen LogP contribution in [0.3, 0.4) is 0 Å². The Hall–Kier alpha value is -0.610. The number of unbranched alkanes of at least 4 members (excludes halogenated alkanes) is 1. The average Bonchev–Trinajstić information content (AvgIpc) is 2.20. The summed E-state index contributed by atoms with van der Waals surface area (Å²) in [6.07, 6.45) is 2.45. The number of halogens is 2. The summed E-state index contributed by atoms with van der Waals surface area (Å²) in [5, 5.41) is 0. The van der Waals surface area contributed by atoms with Gasteiger partial charge in [0.05, 0.1) is 7.11 Å². The van der Waals surface area contributed by atoms with Gasteiger partial charge in [-0.15, -0.1) is 0 Å². The number of rotatable bonds is 5. The van der Waals surface area contributed by atoms with Gasteiger partial charge in [-0.3, -0.25) is 0 Å². The molecule has 0 atom stereocenters. The molecule has 84 valence electrons. The van der Waals surface area contributed by atoms with Gasteiger partial charge in [-0.2, -0.15) is 0 Å². The molecule has 0 unspecified atom stereocenters. The molecule has 15 heavy (non-hydrogen) atoms. The quantitative estimate of drug-likeness (QED) is 0.839. The first kappa shape index (κ1) is 12.5. The molecule has 1 aromatic rings. The van der Waals surface area contributed by atoms with Gasteiger partial charge in [0.1, 0.15) is 11.6 Å². The van der Waals surface area contributed by atoms with E-state index in [1.54, 1.807) is 13.2 Å². The number of ether oxygens (including phenoxy) is 1. The fourth-order valence-electron chi connectivity index (χ4n) is 1.45. The van der Waals surface area contributed by atoms with Crippen LogP contribution in [0.4, 0.5) is 4.39 Å². The average molecular weight is 276 g/mol. The van der Waals surface area contributed by atoms with Gasteiger partial charge >= 0.3 is 0 Å². The minimum absolute atomic E-state index is 0.224. The molecule has 0 saturated carbocycles. The summed E-state index contributed by atoms with van der Waals surface area (Å²) in [6, 6.07) is 3.24. The second-order valence-electron chi connectivity index (χ2n) is 3.31. The van der Waals surface area contributed by atoms with Crippen LogP contribution >= 0.6 is 15.9 Å². The zero-order chi connectivity index (χ0) is 11.3. The van der Waals surface area contributed by atoms with E-state index in [0.29, 0.717) is 28.8 Å². The van der Waals surface area contributed by atoms with Crippen LogP contribution in [0.1, 0.15) is 18.4 Å². The molecule has 1 aromatic carbocycles. The summed E-state index contributed by atoms with van der Waals surface area (Å²) in [6.45, 7) is 0.639. The Kier molecular flexibility index (Phi) is 5.05. The van der Waals surface area contributed by atoms with Gasteiger partial charge in [0.15, 0.2) is 0 Å². The van der Waals surface area contributed by atoms with Crippen LogP contribution < -0.4 is 10.5 Å². The number of methoxy groups -OCH3 is 1. The summed E-state index contributed by atoms with van der Waals surface area (Å²) in [7, 11) is 1.55. The molecule has 0 fully saturated rings. The highest BCUT2D eigenvalue weighted by Gasteiger charge is 2.10. The zero-order valence-corrected chi connectivity index (χ0v) is 10.3. The lowest BCUT2D eigenvalue weighted by Gasteiger charge is -2.10. The predicted molar refractivity (Wildman–Crippen MR) is 62.6 cm³/mol. The van der Waals surface area contributed by atoms with Crippen molar-refractivity contribution in [2.45, 2.75) is 19.3 Å². The van der Waals surface area contributed by atoms with Crippen LogP contribution in [0, 0.1) is 5.82 Å². The molecule has 0 radical (unpaired) electrons. The minimum atomic E-state index is -0.224. The van der Waals surface area contributed by atoms with Gasteiger partial charge in [0.25, 0.3) is 0 Å². The summed E-state index contributed by atoms with van der Waals surface area (Å²) in [4.78, 5) is 0. The molecular weight excluding hydrogens is 261 g/mol. The van der Waals surface area contributed by atoms with Gasteiger partial charge in [-0.1, -0.05) is 15.9 Å². The fourth-order valence-corrected chi connectivity index (χ4v) is 1.86. The lowest BCUT2D eigenvalue weighted by molar-refractivity contribution is 0.403. The third kappa shape index (κ3) is 3.47. The SMILES string of the molecule is COc1cc(Br)cc(F)c1CCCCN. The Bertz CT molecular complexity index is 331. The molecule has 1 rings (SSSR count). The molecule has 0 amide bonds. The van der Waals surface area contributed by atoms with E-state index in [-0.39, 0.29) is 5.82 Å². The van der Waals surface area contributed by atoms with E-state index >= 15 is 0 Å². The van der Waals surface area contributed by atoms with Crippen LogP contribution in [0.25, 0.3) is 0 Å². The first-order chi connectivity index (χ1) is 7.19. The highest BCUT2D eigenvalue weighted by atomic mass is 79.9. The Balaban J connectivity index is 2.84. The first-order valence-corrected chi connectivity index (χ1v) is 5.70. The van der Waals surface area contributed by atoms with Gasteiger partial charge in [0.2, 0.25) is 0 Å². The van der Waals surface area contributed by atoms with Gasteiger partial charge in [-0.05, 0) is 37.9 Å². The summed E-state index contributed by atoms with van der Waals surface area (Å²) in [5.41, 5.74) is 6.03. The van der Waals surface area contributed by atoms with Crippen molar-refractivity contribution in [1.29, 1.82) is 0 Å². The normalized spacial score (nSPS) is 10.4. The van der Waals surface area contributed by atoms with Crippen LogP contribution in [-0.2, 0) is 6.42 Å². The fraction of sp³-hybridized carbons (Fsp3) is 0.455. The second-order valence-corrected chi connectivity index (χ2v) is 4.23. The standard InChI is InChI=1S/C11H15BrFNO/c1-15-11-7-8(12)6-10(13)9(11)4-2-3-5-14/h6-7H,2-5,14H2,1H3. The number of hydrogen-bond donors (Lipinski definition) is 1. The summed E-state index contributed by atoms with van der Waals surface area (Å²) in [5.74, 6) is 0.372. The van der Waals surface area contributed by atoms with E-state index in [0.717, 1.165) is 12.8 Å². The number of hydrogen-bond acceptors (Lipinski definition) is 2. The third-order valence-corrected chi connectivity index (χ3v) is 2.68. The lowest BCUT2D eigenvalue weighted by Crippen LogP contribution is -2.01. The molecule has 0 bridgehead atoms. The molecule has 4 heteroatoms. The van der Waals surface area contributed by atoms with E-state index in [4.69, 9.17) is 10.5 Å². The second kappa shape index (κ2) is 6.08. The molecule has 0 aliphatic rings. The predicted octanol–water partition coefficient (Wildman–Crippen LogP) is 2.88. The molecule has 0 heterocycles. The molecule has 0 aliphatic carbocycles. The van der Waals surface area contributed by atoms with Crippen molar-refractivity contribution in [3.63, 3.8) is 0 Å². The summed E-state index contributed by atoms with van der Waals surface area (Å²) < 4.78 is 19.4. The molecular formula is C11H15BrFNO. The molecule has 2 nitrogen and oxygen atoms in total. The van der Waals surface area contributed by atoms with Gasteiger partial charge < -0.3 is 10.5 Å². The van der Waals surface area contributed by atoms with Crippen LogP contribution in [0.5, 0.6) is 5.75 Å². The van der Waals surface area contributed by atoms with Crippen molar-refractivity contribution >= 4 is 15.9 Å². The molecule has 0 aromatic heterocycles. The maximum atomic E-state index is 13.6.